The molecule has 4 nitrogen and oxygen atoms in total. The second kappa shape index (κ2) is 6.82. The highest BCUT2D eigenvalue weighted by molar-refractivity contribution is 8.00. The highest BCUT2D eigenvalue weighted by Gasteiger charge is 2.26. The fourth-order valence-electron chi connectivity index (χ4n) is 2.30. The Morgan fingerprint density at radius 3 is 3.05 bits per heavy atom. The molecule has 1 aliphatic heterocycles. The Bertz CT molecular complexity index is 439. The number of anilines is 1. The predicted molar refractivity (Wildman–Crippen MR) is 77.8 cm³/mol. The Balaban J connectivity index is 2.12. The molecule has 1 aliphatic rings. The van der Waals surface area contributed by atoms with Gasteiger partial charge in [0.15, 0.2) is 0 Å². The van der Waals surface area contributed by atoms with E-state index < -0.39 is 0 Å². The average molecular weight is 280 g/mol. The van der Waals surface area contributed by atoms with Crippen molar-refractivity contribution in [1.29, 1.82) is 0 Å². The zero-order chi connectivity index (χ0) is 13.7. The zero-order valence-corrected chi connectivity index (χ0v) is 11.9. The topological polar surface area (TPSA) is 52.6 Å². The molecule has 0 saturated carbocycles. The molecular weight excluding hydrogens is 260 g/mol. The number of nitrogens with zero attached hydrogens (tertiary/aromatic N) is 1. The minimum absolute atomic E-state index is 0.193. The van der Waals surface area contributed by atoms with Crippen LogP contribution in [0.4, 0.5) is 5.69 Å². The third-order valence-electron chi connectivity index (χ3n) is 3.24. The molecule has 0 spiro atoms. The fraction of sp³-hybridized carbons (Fsp3) is 0.500. The van der Waals surface area contributed by atoms with Crippen molar-refractivity contribution in [2.75, 3.05) is 18.0 Å². The van der Waals surface area contributed by atoms with Crippen LogP contribution >= 0.6 is 11.8 Å². The third-order valence-corrected chi connectivity index (χ3v) is 4.49. The zero-order valence-electron chi connectivity index (χ0n) is 11.1. The van der Waals surface area contributed by atoms with Gasteiger partial charge in [0, 0.05) is 29.7 Å². The molecule has 0 saturated heterocycles. The van der Waals surface area contributed by atoms with Gasteiger partial charge in [0.05, 0.1) is 5.69 Å². The fourth-order valence-corrected chi connectivity index (χ4v) is 3.62. The summed E-state index contributed by atoms with van der Waals surface area (Å²) in [5.74, 6) is -0.313. The molecule has 5 heteroatoms. The van der Waals surface area contributed by atoms with Crippen LogP contribution < -0.4 is 10.4 Å². The number of unbranched alkanes of at least 4 members (excludes halogenated alkanes) is 1. The second-order valence-electron chi connectivity index (χ2n) is 4.75. The molecule has 104 valence electrons. The van der Waals surface area contributed by atoms with E-state index in [1.807, 2.05) is 6.07 Å². The first-order valence-corrected chi connectivity index (χ1v) is 7.56. The number of nitrogens with one attached hydrogen (secondary N) is 1. The molecule has 2 N–H and O–H groups in total. The molecular formula is C14H20N2O2S. The van der Waals surface area contributed by atoms with Crippen LogP contribution in [0.2, 0.25) is 0 Å². The van der Waals surface area contributed by atoms with Crippen LogP contribution in [0.1, 0.15) is 26.2 Å². The molecule has 1 heterocycles. The van der Waals surface area contributed by atoms with Gasteiger partial charge < -0.3 is 4.90 Å². The number of hydroxylamine groups is 1. The lowest BCUT2D eigenvalue weighted by Gasteiger charge is -2.35. The summed E-state index contributed by atoms with van der Waals surface area (Å²) in [6, 6.07) is 8.32. The van der Waals surface area contributed by atoms with Gasteiger partial charge in [-0.2, -0.15) is 0 Å². The third kappa shape index (κ3) is 3.64. The van der Waals surface area contributed by atoms with Crippen molar-refractivity contribution in [3.8, 4) is 0 Å². The van der Waals surface area contributed by atoms with Crippen LogP contribution in [-0.4, -0.2) is 29.5 Å². The second-order valence-corrected chi connectivity index (χ2v) is 6.09. The Morgan fingerprint density at radius 1 is 1.53 bits per heavy atom. The molecule has 0 aliphatic carbocycles. The molecule has 1 unspecified atom stereocenters. The van der Waals surface area contributed by atoms with Crippen LogP contribution in [0.15, 0.2) is 29.2 Å². The van der Waals surface area contributed by atoms with E-state index in [1.165, 1.54) is 10.6 Å². The van der Waals surface area contributed by atoms with Gasteiger partial charge in [0.1, 0.15) is 0 Å². The molecule has 0 fully saturated rings. The minimum Gasteiger partial charge on any atom is -0.369 e. The van der Waals surface area contributed by atoms with Crippen molar-refractivity contribution in [3.63, 3.8) is 0 Å². The summed E-state index contributed by atoms with van der Waals surface area (Å²) in [6.07, 6.45) is 2.66. The summed E-state index contributed by atoms with van der Waals surface area (Å²) in [5.41, 5.74) is 2.99. The van der Waals surface area contributed by atoms with Crippen molar-refractivity contribution in [2.24, 2.45) is 0 Å². The van der Waals surface area contributed by atoms with Crippen molar-refractivity contribution in [3.05, 3.63) is 24.3 Å². The SMILES string of the molecule is CCCCN1CC(CC(=O)NO)Sc2ccccc21. The highest BCUT2D eigenvalue weighted by atomic mass is 32.2. The first kappa shape index (κ1) is 14.2. The number of fused-ring (bicyclic) bond motifs is 1. The van der Waals surface area contributed by atoms with Gasteiger partial charge in [-0.1, -0.05) is 25.5 Å². The number of benzene rings is 1. The van der Waals surface area contributed by atoms with E-state index in [2.05, 4.69) is 30.0 Å². The van der Waals surface area contributed by atoms with Crippen molar-refractivity contribution in [2.45, 2.75) is 36.3 Å². The Labute approximate surface area is 118 Å². The lowest BCUT2D eigenvalue weighted by Crippen LogP contribution is -2.37. The van der Waals surface area contributed by atoms with E-state index in [0.717, 1.165) is 25.9 Å². The summed E-state index contributed by atoms with van der Waals surface area (Å²) in [6.45, 7) is 4.06. The first-order valence-electron chi connectivity index (χ1n) is 6.68. The maximum Gasteiger partial charge on any atom is 0.244 e. The van der Waals surface area contributed by atoms with E-state index in [4.69, 9.17) is 5.21 Å². The number of amides is 1. The average Bonchev–Trinajstić information content (AvgIpc) is 2.44. The van der Waals surface area contributed by atoms with Gasteiger partial charge >= 0.3 is 0 Å². The number of carbonyl (C=O) groups excluding carboxylic acids is 1. The Hall–Kier alpha value is -1.20. The number of rotatable bonds is 5. The Morgan fingerprint density at radius 2 is 2.32 bits per heavy atom. The van der Waals surface area contributed by atoms with Gasteiger partial charge in [-0.3, -0.25) is 10.0 Å². The van der Waals surface area contributed by atoms with Gasteiger partial charge in [0.2, 0.25) is 5.91 Å². The maximum atomic E-state index is 11.3. The first-order chi connectivity index (χ1) is 9.24. The molecule has 2 rings (SSSR count). The van der Waals surface area contributed by atoms with Crippen molar-refractivity contribution < 1.29 is 10.0 Å². The molecule has 0 radical (unpaired) electrons. The summed E-state index contributed by atoms with van der Waals surface area (Å²) in [7, 11) is 0. The Kier molecular flexibility index (Phi) is 5.10. The molecule has 1 aromatic carbocycles. The molecule has 1 atom stereocenters. The van der Waals surface area contributed by atoms with Gasteiger partial charge in [-0.05, 0) is 18.6 Å². The number of para-hydroxylation sites is 1. The van der Waals surface area contributed by atoms with E-state index >= 15 is 0 Å². The number of thioether (sulfide) groups is 1. The van der Waals surface area contributed by atoms with Crippen LogP contribution in [0.25, 0.3) is 0 Å². The molecule has 1 aromatic rings. The lowest BCUT2D eigenvalue weighted by molar-refractivity contribution is -0.129. The van der Waals surface area contributed by atoms with Crippen molar-refractivity contribution >= 4 is 23.4 Å². The van der Waals surface area contributed by atoms with Crippen LogP contribution in [-0.2, 0) is 4.79 Å². The van der Waals surface area contributed by atoms with Crippen LogP contribution in [0, 0.1) is 0 Å². The van der Waals surface area contributed by atoms with Crippen molar-refractivity contribution in [1.82, 2.24) is 5.48 Å². The molecule has 0 bridgehead atoms. The number of hydrogen-bond donors (Lipinski definition) is 2. The minimum atomic E-state index is -0.313. The van der Waals surface area contributed by atoms with E-state index in [1.54, 1.807) is 17.2 Å². The van der Waals surface area contributed by atoms with E-state index in [-0.39, 0.29) is 11.2 Å². The number of carbonyl (C=O) groups is 1. The summed E-state index contributed by atoms with van der Waals surface area (Å²) in [4.78, 5) is 14.9. The lowest BCUT2D eigenvalue weighted by atomic mass is 10.2. The molecule has 1 amide bonds. The van der Waals surface area contributed by atoms with Crippen LogP contribution in [0.3, 0.4) is 0 Å². The highest BCUT2D eigenvalue weighted by Crippen LogP contribution is 2.39. The number of hydrogen-bond acceptors (Lipinski definition) is 4. The maximum absolute atomic E-state index is 11.3. The predicted octanol–water partition coefficient (Wildman–Crippen LogP) is 2.66. The monoisotopic (exact) mass is 280 g/mol. The molecule has 0 aromatic heterocycles. The smallest absolute Gasteiger partial charge is 0.244 e. The van der Waals surface area contributed by atoms with Gasteiger partial charge in [0.25, 0.3) is 0 Å². The molecule has 19 heavy (non-hydrogen) atoms. The largest absolute Gasteiger partial charge is 0.369 e. The quantitative estimate of drug-likeness (QED) is 0.643. The normalized spacial score (nSPS) is 18.0. The summed E-state index contributed by atoms with van der Waals surface area (Å²) < 4.78 is 0. The summed E-state index contributed by atoms with van der Waals surface area (Å²) >= 11 is 1.72. The standard InChI is InChI=1S/C14H20N2O2S/c1-2-3-8-16-10-11(9-14(17)15-18)19-13-7-5-4-6-12(13)16/h4-7,11,18H,2-3,8-10H2,1H3,(H,15,17). The summed E-state index contributed by atoms with van der Waals surface area (Å²) in [5, 5.41) is 8.84. The van der Waals surface area contributed by atoms with E-state index in [9.17, 15) is 4.79 Å². The van der Waals surface area contributed by atoms with Gasteiger partial charge in [-0.25, -0.2) is 5.48 Å². The van der Waals surface area contributed by atoms with E-state index in [0.29, 0.717) is 6.42 Å². The van der Waals surface area contributed by atoms with Crippen LogP contribution in [0.5, 0.6) is 0 Å². The van der Waals surface area contributed by atoms with Gasteiger partial charge in [-0.15, -0.1) is 11.8 Å².